The molecule has 2 N–H and O–H groups in total. The van der Waals surface area contributed by atoms with E-state index in [0.717, 1.165) is 18.4 Å². The Morgan fingerprint density at radius 3 is 2.78 bits per heavy atom. The second-order valence-electron chi connectivity index (χ2n) is 6.08. The summed E-state index contributed by atoms with van der Waals surface area (Å²) in [6, 6.07) is 9.15. The number of nitrogens with two attached hydrogens (primary N) is 1. The van der Waals surface area contributed by atoms with Crippen molar-refractivity contribution in [1.82, 2.24) is 10.1 Å². The lowest BCUT2D eigenvalue weighted by Crippen LogP contribution is -2.42. The maximum absolute atomic E-state index is 12.5. The molecule has 0 aliphatic carbocycles. The molecule has 2 heterocycles. The van der Waals surface area contributed by atoms with E-state index in [-0.39, 0.29) is 17.7 Å². The molecular weight excluding hydrogens is 314 g/mol. The van der Waals surface area contributed by atoms with Gasteiger partial charge in [0.2, 0.25) is 5.76 Å². The van der Waals surface area contributed by atoms with E-state index < -0.39 is 0 Å². The number of aromatic nitrogens is 1. The molecule has 6 heteroatoms. The van der Waals surface area contributed by atoms with Gasteiger partial charge >= 0.3 is 0 Å². The topological polar surface area (TPSA) is 72.4 Å². The fourth-order valence-corrected chi connectivity index (χ4v) is 3.13. The van der Waals surface area contributed by atoms with Gasteiger partial charge in [0.1, 0.15) is 5.69 Å². The quantitative estimate of drug-likeness (QED) is 0.936. The number of benzene rings is 1. The van der Waals surface area contributed by atoms with Gasteiger partial charge in [0.25, 0.3) is 5.91 Å². The third-order valence-corrected chi connectivity index (χ3v) is 4.65. The van der Waals surface area contributed by atoms with E-state index in [9.17, 15) is 4.79 Å². The van der Waals surface area contributed by atoms with Crippen LogP contribution in [0, 0.1) is 5.92 Å². The van der Waals surface area contributed by atoms with E-state index in [1.807, 2.05) is 19.1 Å². The van der Waals surface area contributed by atoms with Gasteiger partial charge in [-0.3, -0.25) is 4.79 Å². The van der Waals surface area contributed by atoms with Crippen LogP contribution in [0.25, 0.3) is 11.3 Å². The molecule has 1 aromatic carbocycles. The lowest BCUT2D eigenvalue weighted by Gasteiger charge is -2.33. The van der Waals surface area contributed by atoms with E-state index >= 15 is 0 Å². The molecule has 1 unspecified atom stereocenters. The molecule has 0 bridgehead atoms. The summed E-state index contributed by atoms with van der Waals surface area (Å²) in [6.45, 7) is 3.44. The first-order chi connectivity index (χ1) is 11.0. The number of hydrogen-bond acceptors (Lipinski definition) is 4. The standard InChI is InChI=1S/C17H20ClN3O2/c1-11(19)12-5-7-21(8-6-12)17(22)16-10-15(20-23-16)13-3-2-4-14(18)9-13/h2-4,9-12H,5-8,19H2,1H3. The van der Waals surface area contributed by atoms with Crippen LogP contribution in [0.1, 0.15) is 30.3 Å². The monoisotopic (exact) mass is 333 g/mol. The molecule has 1 aliphatic rings. The zero-order chi connectivity index (χ0) is 16.4. The zero-order valence-corrected chi connectivity index (χ0v) is 13.8. The summed E-state index contributed by atoms with van der Waals surface area (Å²) in [5, 5.41) is 4.61. The number of piperidine rings is 1. The highest BCUT2D eigenvalue weighted by atomic mass is 35.5. The summed E-state index contributed by atoms with van der Waals surface area (Å²) < 4.78 is 5.24. The normalized spacial score (nSPS) is 17.3. The van der Waals surface area contributed by atoms with Gasteiger partial charge in [0, 0.05) is 35.8 Å². The molecule has 0 radical (unpaired) electrons. The molecule has 3 rings (SSSR count). The van der Waals surface area contributed by atoms with E-state index in [0.29, 0.717) is 29.7 Å². The summed E-state index contributed by atoms with van der Waals surface area (Å²) in [6.07, 6.45) is 1.86. The van der Waals surface area contributed by atoms with Crippen LogP contribution in [0.4, 0.5) is 0 Å². The van der Waals surface area contributed by atoms with E-state index in [1.54, 1.807) is 23.1 Å². The van der Waals surface area contributed by atoms with Crippen molar-refractivity contribution in [2.75, 3.05) is 13.1 Å². The molecule has 1 aliphatic heterocycles. The molecule has 1 saturated heterocycles. The Morgan fingerprint density at radius 2 is 2.13 bits per heavy atom. The summed E-state index contributed by atoms with van der Waals surface area (Å²) in [4.78, 5) is 14.3. The maximum Gasteiger partial charge on any atom is 0.292 e. The molecule has 2 aromatic rings. The lowest BCUT2D eigenvalue weighted by atomic mass is 9.91. The third kappa shape index (κ3) is 3.57. The Hall–Kier alpha value is -1.85. The minimum atomic E-state index is -0.117. The van der Waals surface area contributed by atoms with Crippen molar-refractivity contribution in [3.63, 3.8) is 0 Å². The summed E-state index contributed by atoms with van der Waals surface area (Å²) in [7, 11) is 0. The first kappa shape index (κ1) is 16.0. The predicted octanol–water partition coefficient (Wildman–Crippen LogP) is 3.19. The average Bonchev–Trinajstić information content (AvgIpc) is 3.04. The minimum absolute atomic E-state index is 0.117. The van der Waals surface area contributed by atoms with Crippen LogP contribution in [-0.4, -0.2) is 35.1 Å². The van der Waals surface area contributed by atoms with Gasteiger partial charge in [0.05, 0.1) is 0 Å². The van der Waals surface area contributed by atoms with Crippen LogP contribution in [0.3, 0.4) is 0 Å². The number of likely N-dealkylation sites (tertiary alicyclic amines) is 1. The first-order valence-electron chi connectivity index (χ1n) is 7.82. The molecular formula is C17H20ClN3O2. The van der Waals surface area contributed by atoms with Crippen LogP contribution in [0.15, 0.2) is 34.9 Å². The van der Waals surface area contributed by atoms with Crippen molar-refractivity contribution in [2.24, 2.45) is 11.7 Å². The second-order valence-corrected chi connectivity index (χ2v) is 6.51. The Labute approximate surface area is 140 Å². The fraction of sp³-hybridized carbons (Fsp3) is 0.412. The number of rotatable bonds is 3. The molecule has 0 spiro atoms. The maximum atomic E-state index is 12.5. The van der Waals surface area contributed by atoms with E-state index in [2.05, 4.69) is 5.16 Å². The van der Waals surface area contributed by atoms with Gasteiger partial charge in [-0.2, -0.15) is 0 Å². The number of amides is 1. The van der Waals surface area contributed by atoms with Crippen LogP contribution < -0.4 is 5.73 Å². The Morgan fingerprint density at radius 1 is 1.39 bits per heavy atom. The molecule has 1 amide bonds. The Balaban J connectivity index is 1.70. The van der Waals surface area contributed by atoms with Crippen molar-refractivity contribution in [1.29, 1.82) is 0 Å². The molecule has 23 heavy (non-hydrogen) atoms. The molecule has 1 aromatic heterocycles. The van der Waals surface area contributed by atoms with E-state index in [4.69, 9.17) is 21.9 Å². The summed E-state index contributed by atoms with van der Waals surface area (Å²) in [5.74, 6) is 0.629. The van der Waals surface area contributed by atoms with Crippen LogP contribution in [-0.2, 0) is 0 Å². The molecule has 1 fully saturated rings. The number of nitrogens with zero attached hydrogens (tertiary/aromatic N) is 2. The van der Waals surface area contributed by atoms with Crippen molar-refractivity contribution >= 4 is 17.5 Å². The van der Waals surface area contributed by atoms with Crippen LogP contribution in [0.2, 0.25) is 5.02 Å². The fourth-order valence-electron chi connectivity index (χ4n) is 2.94. The van der Waals surface area contributed by atoms with Crippen molar-refractivity contribution in [3.8, 4) is 11.3 Å². The number of carbonyl (C=O) groups excluding carboxylic acids is 1. The first-order valence-corrected chi connectivity index (χ1v) is 8.20. The lowest BCUT2D eigenvalue weighted by molar-refractivity contribution is 0.0639. The number of halogens is 1. The minimum Gasteiger partial charge on any atom is -0.350 e. The second kappa shape index (κ2) is 6.72. The van der Waals surface area contributed by atoms with Crippen molar-refractivity contribution in [2.45, 2.75) is 25.8 Å². The highest BCUT2D eigenvalue weighted by Crippen LogP contribution is 2.25. The number of carbonyl (C=O) groups is 1. The molecule has 5 nitrogen and oxygen atoms in total. The van der Waals surface area contributed by atoms with Crippen molar-refractivity contribution in [3.05, 3.63) is 41.1 Å². The van der Waals surface area contributed by atoms with E-state index in [1.165, 1.54) is 0 Å². The van der Waals surface area contributed by atoms with Gasteiger partial charge in [-0.15, -0.1) is 0 Å². The molecule has 0 saturated carbocycles. The summed E-state index contributed by atoms with van der Waals surface area (Å²) in [5.41, 5.74) is 7.38. The van der Waals surface area contributed by atoms with Crippen LogP contribution >= 0.6 is 11.6 Å². The largest absolute Gasteiger partial charge is 0.350 e. The van der Waals surface area contributed by atoms with Crippen LogP contribution in [0.5, 0.6) is 0 Å². The highest BCUT2D eigenvalue weighted by molar-refractivity contribution is 6.30. The Bertz CT molecular complexity index is 691. The van der Waals surface area contributed by atoms with Gasteiger partial charge in [-0.05, 0) is 37.8 Å². The Kier molecular flexibility index (Phi) is 4.68. The average molecular weight is 334 g/mol. The third-order valence-electron chi connectivity index (χ3n) is 4.41. The SMILES string of the molecule is CC(N)C1CCN(C(=O)c2cc(-c3cccc(Cl)c3)no2)CC1. The van der Waals surface area contributed by atoms with Gasteiger partial charge < -0.3 is 15.2 Å². The smallest absolute Gasteiger partial charge is 0.292 e. The van der Waals surface area contributed by atoms with Gasteiger partial charge in [-0.25, -0.2) is 0 Å². The highest BCUT2D eigenvalue weighted by Gasteiger charge is 2.27. The van der Waals surface area contributed by atoms with Gasteiger partial charge in [0.15, 0.2) is 0 Å². The summed E-state index contributed by atoms with van der Waals surface area (Å²) >= 11 is 5.98. The molecule has 122 valence electrons. The van der Waals surface area contributed by atoms with Gasteiger partial charge in [-0.1, -0.05) is 28.9 Å². The predicted molar refractivity (Wildman–Crippen MR) is 89.2 cm³/mol. The number of hydrogen-bond donors (Lipinski definition) is 1. The van der Waals surface area contributed by atoms with Crippen molar-refractivity contribution < 1.29 is 9.32 Å². The zero-order valence-electron chi connectivity index (χ0n) is 13.0. The molecule has 1 atom stereocenters.